The fourth-order valence-electron chi connectivity index (χ4n) is 0.342. The molecule has 0 spiro atoms. The molecule has 1 aromatic rings. The standard InChI is InChI=1S/C6H5.Cu.H2S/c1-2-4-6-5-3-1;;/h1-5H;;1H2/q-1;+2;/p-1. The van der Waals surface area contributed by atoms with Crippen molar-refractivity contribution in [1.29, 1.82) is 0 Å². The first-order valence-corrected chi connectivity index (χ1v) is 1.91. The van der Waals surface area contributed by atoms with Crippen LogP contribution in [0, 0.1) is 6.07 Å². The van der Waals surface area contributed by atoms with E-state index in [0.29, 0.717) is 0 Å². The van der Waals surface area contributed by atoms with Crippen molar-refractivity contribution >= 4 is 13.5 Å². The van der Waals surface area contributed by atoms with Gasteiger partial charge in [-0.25, -0.2) is 0 Å². The van der Waals surface area contributed by atoms with Crippen molar-refractivity contribution in [2.75, 3.05) is 0 Å². The van der Waals surface area contributed by atoms with E-state index in [4.69, 9.17) is 0 Å². The molecule has 8 heavy (non-hydrogen) atoms. The van der Waals surface area contributed by atoms with Gasteiger partial charge >= 0.3 is 17.1 Å². The minimum absolute atomic E-state index is 0. The Kier molecular flexibility index (Phi) is 9.72. The van der Waals surface area contributed by atoms with Gasteiger partial charge in [0.05, 0.1) is 0 Å². The molecule has 0 fully saturated rings. The van der Waals surface area contributed by atoms with Gasteiger partial charge in [0.2, 0.25) is 0 Å². The summed E-state index contributed by atoms with van der Waals surface area (Å²) in [5.74, 6) is 0. The molecule has 0 bridgehead atoms. The Morgan fingerprint density at radius 1 is 0.875 bits per heavy atom. The van der Waals surface area contributed by atoms with E-state index >= 15 is 0 Å². The first kappa shape index (κ1) is 11.0. The molecule has 47 valence electrons. The summed E-state index contributed by atoms with van der Waals surface area (Å²) in [6.07, 6.45) is 0. The van der Waals surface area contributed by atoms with Crippen LogP contribution < -0.4 is 0 Å². The molecule has 0 aromatic heterocycles. The molecule has 0 saturated heterocycles. The molecule has 0 N–H and O–H groups in total. The first-order valence-electron chi connectivity index (χ1n) is 1.91. The van der Waals surface area contributed by atoms with E-state index in [1.54, 1.807) is 0 Å². The second-order valence-corrected chi connectivity index (χ2v) is 1.08. The topological polar surface area (TPSA) is 0 Å². The van der Waals surface area contributed by atoms with Gasteiger partial charge in [-0.15, -0.1) is 0 Å². The summed E-state index contributed by atoms with van der Waals surface area (Å²) in [6, 6.07) is 12.5. The molecule has 1 radical (unpaired) electrons. The molecule has 0 saturated carbocycles. The van der Waals surface area contributed by atoms with Crippen LogP contribution in [0.2, 0.25) is 0 Å². The molecule has 0 heterocycles. The van der Waals surface area contributed by atoms with E-state index < -0.39 is 0 Å². The summed E-state index contributed by atoms with van der Waals surface area (Å²) in [7, 11) is 0. The summed E-state index contributed by atoms with van der Waals surface area (Å²) in [5, 5.41) is 0. The normalized spacial score (nSPS) is 6.00. The van der Waals surface area contributed by atoms with E-state index in [1.165, 1.54) is 0 Å². The van der Waals surface area contributed by atoms with Crippen LogP contribution in [0.1, 0.15) is 0 Å². The van der Waals surface area contributed by atoms with Crippen molar-refractivity contribution in [3.63, 3.8) is 0 Å². The molecular weight excluding hydrogens is 168 g/mol. The number of hydrogen-bond acceptors (Lipinski definition) is 1. The molecule has 1 aromatic carbocycles. The van der Waals surface area contributed by atoms with Crippen LogP contribution in [0.25, 0.3) is 0 Å². The van der Waals surface area contributed by atoms with Gasteiger partial charge < -0.3 is 13.5 Å². The first-order chi connectivity index (χ1) is 3.00. The van der Waals surface area contributed by atoms with E-state index in [1.807, 2.05) is 30.3 Å². The second kappa shape index (κ2) is 7.09. The van der Waals surface area contributed by atoms with Crippen molar-refractivity contribution in [2.45, 2.75) is 0 Å². The molecule has 0 aliphatic carbocycles. The Balaban J connectivity index is 0. The van der Waals surface area contributed by atoms with Gasteiger partial charge in [0, 0.05) is 0 Å². The summed E-state index contributed by atoms with van der Waals surface area (Å²) in [4.78, 5) is 0. The maximum atomic E-state index is 2.89. The molecule has 0 unspecified atom stereocenters. The van der Waals surface area contributed by atoms with Gasteiger partial charge in [-0.05, 0) is 0 Å². The molecule has 1 rings (SSSR count). The van der Waals surface area contributed by atoms with Crippen molar-refractivity contribution in [3.8, 4) is 0 Å². The van der Waals surface area contributed by atoms with Crippen molar-refractivity contribution in [2.24, 2.45) is 0 Å². The smallest absolute Gasteiger partial charge is 0.813 e. The second-order valence-electron chi connectivity index (χ2n) is 1.08. The Morgan fingerprint density at radius 3 is 1.50 bits per heavy atom. The summed E-state index contributed by atoms with van der Waals surface area (Å²) < 4.78 is 0. The molecule has 2 heteroatoms. The summed E-state index contributed by atoms with van der Waals surface area (Å²) >= 11 is 0. The predicted molar refractivity (Wildman–Crippen MR) is 34.0 cm³/mol. The summed E-state index contributed by atoms with van der Waals surface area (Å²) in [6.45, 7) is 0. The van der Waals surface area contributed by atoms with Crippen LogP contribution in [0.3, 0.4) is 0 Å². The van der Waals surface area contributed by atoms with Crippen molar-refractivity contribution in [1.82, 2.24) is 0 Å². The van der Waals surface area contributed by atoms with Gasteiger partial charge in [-0.3, -0.25) is 0 Å². The van der Waals surface area contributed by atoms with E-state index in [2.05, 4.69) is 6.07 Å². The molecule has 0 atom stereocenters. The number of hydrogen-bond donors (Lipinski definition) is 0. The monoisotopic (exact) mass is 173 g/mol. The summed E-state index contributed by atoms with van der Waals surface area (Å²) in [5.41, 5.74) is 0. The maximum Gasteiger partial charge on any atom is 2.00 e. The van der Waals surface area contributed by atoms with E-state index in [9.17, 15) is 0 Å². The number of rotatable bonds is 0. The molecule has 0 aliphatic heterocycles. The Labute approximate surface area is 67.2 Å². The van der Waals surface area contributed by atoms with Gasteiger partial charge in [0.15, 0.2) is 0 Å². The van der Waals surface area contributed by atoms with Crippen LogP contribution in [-0.4, -0.2) is 0 Å². The van der Waals surface area contributed by atoms with Crippen molar-refractivity contribution < 1.29 is 17.1 Å². The third-order valence-electron chi connectivity index (χ3n) is 0.607. The molecule has 0 aliphatic rings. The maximum absolute atomic E-state index is 2.89. The zero-order chi connectivity index (χ0) is 4.24. The largest absolute Gasteiger partial charge is 2.00 e. The Morgan fingerprint density at radius 2 is 1.38 bits per heavy atom. The number of thiol groups is 1. The average molecular weight is 174 g/mol. The van der Waals surface area contributed by atoms with Crippen LogP contribution >= 0.6 is 0 Å². The Bertz CT molecular complexity index is 80.5. The SMILES string of the molecule is [Cu+2].[SH-].[c-]1ccccc1. The molecule has 0 nitrogen and oxygen atoms in total. The minimum Gasteiger partial charge on any atom is -0.813 e. The van der Waals surface area contributed by atoms with Gasteiger partial charge in [0.25, 0.3) is 0 Å². The van der Waals surface area contributed by atoms with E-state index in [-0.39, 0.29) is 30.6 Å². The van der Waals surface area contributed by atoms with Crippen LogP contribution in [0.4, 0.5) is 0 Å². The van der Waals surface area contributed by atoms with Gasteiger partial charge in [0.1, 0.15) is 0 Å². The van der Waals surface area contributed by atoms with Crippen LogP contribution in [0.5, 0.6) is 0 Å². The quantitative estimate of drug-likeness (QED) is 0.246. The zero-order valence-corrected chi connectivity index (χ0v) is 5.97. The van der Waals surface area contributed by atoms with Crippen LogP contribution in [0.15, 0.2) is 30.3 Å². The third-order valence-corrected chi connectivity index (χ3v) is 0.607. The number of benzene rings is 1. The van der Waals surface area contributed by atoms with Crippen LogP contribution in [-0.2, 0) is 30.6 Å². The van der Waals surface area contributed by atoms with E-state index in [0.717, 1.165) is 0 Å². The van der Waals surface area contributed by atoms with Crippen molar-refractivity contribution in [3.05, 3.63) is 36.4 Å². The van der Waals surface area contributed by atoms with Gasteiger partial charge in [-0.2, -0.15) is 36.4 Å². The third kappa shape index (κ3) is 4.25. The zero-order valence-electron chi connectivity index (χ0n) is 4.14. The molecule has 0 amide bonds. The average Bonchev–Trinajstić information content (AvgIpc) is 1.72. The fourth-order valence-corrected chi connectivity index (χ4v) is 0.342. The van der Waals surface area contributed by atoms with Gasteiger partial charge in [-0.1, -0.05) is 0 Å². The predicted octanol–water partition coefficient (Wildman–Crippen LogP) is 1.21. The molecular formula is C6H6CuS. The Hall–Kier alpha value is 0.0895. The fraction of sp³-hybridized carbons (Fsp3) is 0. The minimum atomic E-state index is 0.